The number of aldehydes is 1. The molecule has 1 aliphatic heterocycles. The van der Waals surface area contributed by atoms with E-state index in [1.807, 2.05) is 42.4 Å². The Morgan fingerprint density at radius 3 is 2.84 bits per heavy atom. The predicted octanol–water partition coefficient (Wildman–Crippen LogP) is 2.74. The molecule has 0 amide bonds. The third-order valence-corrected chi connectivity index (χ3v) is 8.84. The summed E-state index contributed by atoms with van der Waals surface area (Å²) in [5.74, 6) is 0.724. The predicted molar refractivity (Wildman–Crippen MR) is 141 cm³/mol. The van der Waals surface area contributed by atoms with Crippen LogP contribution in [0, 0.1) is 29.2 Å². The Labute approximate surface area is 219 Å². The number of likely N-dealkylation sites (tertiary alicyclic amines) is 1. The first kappa shape index (κ1) is 27.1. The highest BCUT2D eigenvalue weighted by Gasteiger charge is 2.51. The Bertz CT molecular complexity index is 1080. The molecule has 0 spiro atoms. The zero-order valence-corrected chi connectivity index (χ0v) is 22.0. The van der Waals surface area contributed by atoms with Crippen LogP contribution in [0.1, 0.15) is 56.7 Å². The van der Waals surface area contributed by atoms with Gasteiger partial charge < -0.3 is 25.2 Å². The number of aryl methyl sites for hydroxylation is 2. The van der Waals surface area contributed by atoms with Crippen LogP contribution in [-0.2, 0) is 23.2 Å². The van der Waals surface area contributed by atoms with Crippen LogP contribution in [0.2, 0.25) is 0 Å². The van der Waals surface area contributed by atoms with Gasteiger partial charge in [-0.3, -0.25) is 4.68 Å². The summed E-state index contributed by atoms with van der Waals surface area (Å²) >= 11 is 0. The zero-order valence-electron chi connectivity index (χ0n) is 22.0. The molecule has 2 aliphatic rings. The maximum absolute atomic E-state index is 13.3. The monoisotopic (exact) mass is 508 g/mol. The highest BCUT2D eigenvalue weighted by Crippen LogP contribution is 2.48. The first-order chi connectivity index (χ1) is 18.0. The highest BCUT2D eigenvalue weighted by molar-refractivity contribution is 5.75. The number of rotatable bonds is 11. The number of carbonyl (C=O) groups excluding carboxylic acids is 1. The Morgan fingerprint density at radius 2 is 2.11 bits per heavy atom. The summed E-state index contributed by atoms with van der Waals surface area (Å²) in [6, 6.07) is 7.52. The van der Waals surface area contributed by atoms with Gasteiger partial charge in [-0.2, -0.15) is 5.26 Å². The molecule has 1 aromatic heterocycles. The molecule has 9 nitrogen and oxygen atoms in total. The molecule has 9 heteroatoms. The van der Waals surface area contributed by atoms with E-state index in [4.69, 9.17) is 5.11 Å². The number of aliphatic hydroxyl groups is 2. The summed E-state index contributed by atoms with van der Waals surface area (Å²) in [4.78, 5) is 15.1. The number of nitrogens with one attached hydrogen (secondary N) is 1. The molecule has 0 bridgehead atoms. The number of unbranched alkanes of at least 4 members (excludes halogenated alkanes) is 1. The van der Waals surface area contributed by atoms with Crippen LogP contribution < -0.4 is 5.32 Å². The maximum Gasteiger partial charge on any atom is 0.179 e. The summed E-state index contributed by atoms with van der Waals surface area (Å²) in [6.07, 6.45) is 10.2. The van der Waals surface area contributed by atoms with Crippen LogP contribution in [0.3, 0.4) is 0 Å². The SMILES string of the molecule is CNc1ccccc1C(C=O)(CCn1cc(CCCCO)nn1)[C@@H]1C[C@H]2[C@@H](CC[C@H](O)[C@@H]2C)CN1C#N. The summed E-state index contributed by atoms with van der Waals surface area (Å²) in [7, 11) is 1.85. The minimum absolute atomic E-state index is 0.128. The van der Waals surface area contributed by atoms with E-state index in [9.17, 15) is 15.2 Å². The summed E-state index contributed by atoms with van der Waals surface area (Å²) in [5.41, 5.74) is 1.66. The number of hydrogen-bond donors (Lipinski definition) is 3. The molecule has 1 saturated carbocycles. The second-order valence-electron chi connectivity index (χ2n) is 10.8. The number of anilines is 1. The topological polar surface area (TPSA) is 127 Å². The number of fused-ring (bicyclic) bond motifs is 1. The average Bonchev–Trinajstić information content (AvgIpc) is 3.39. The smallest absolute Gasteiger partial charge is 0.179 e. The van der Waals surface area contributed by atoms with Crippen molar-refractivity contribution in [1.82, 2.24) is 19.9 Å². The molecule has 37 heavy (non-hydrogen) atoms. The molecule has 0 radical (unpaired) electrons. The minimum atomic E-state index is -0.953. The third kappa shape index (κ3) is 5.51. The quantitative estimate of drug-likeness (QED) is 0.240. The van der Waals surface area contributed by atoms with Crippen LogP contribution in [-0.4, -0.2) is 68.7 Å². The van der Waals surface area contributed by atoms with Crippen molar-refractivity contribution in [3.8, 4) is 6.19 Å². The highest BCUT2D eigenvalue weighted by atomic mass is 16.3. The standard InChI is InChI=1S/C28H40N6O3/c1-20-23-15-27(33(19-29)16-21(23)10-11-26(20)37)28(18-36,24-8-3-4-9-25(24)30-2)12-13-34-17-22(31-32-34)7-5-6-14-35/h3-4,8-9,17-18,20-21,23,26-27,30,35,37H,5-7,10-16H2,1-2H3/t20-,21+,23-,26+,27+,28?/m1/s1. The van der Waals surface area contributed by atoms with Crippen molar-refractivity contribution in [1.29, 1.82) is 5.26 Å². The molecule has 2 heterocycles. The number of para-hydroxylation sites is 1. The van der Waals surface area contributed by atoms with Gasteiger partial charge in [0.1, 0.15) is 6.29 Å². The Kier molecular flexibility index (Phi) is 8.83. The molecular formula is C28H40N6O3. The van der Waals surface area contributed by atoms with E-state index >= 15 is 0 Å². The number of piperidine rings is 1. The summed E-state index contributed by atoms with van der Waals surface area (Å²) in [5, 5.41) is 41.8. The van der Waals surface area contributed by atoms with Crippen molar-refractivity contribution in [2.24, 2.45) is 17.8 Å². The fraction of sp³-hybridized carbons (Fsp3) is 0.643. The Hall–Kier alpha value is -2.96. The molecule has 4 rings (SSSR count). The van der Waals surface area contributed by atoms with Gasteiger partial charge in [0.2, 0.25) is 0 Å². The van der Waals surface area contributed by atoms with Crippen LogP contribution in [0.4, 0.5) is 5.69 Å². The van der Waals surface area contributed by atoms with Crippen LogP contribution in [0.15, 0.2) is 30.5 Å². The Morgan fingerprint density at radius 1 is 1.30 bits per heavy atom. The molecular weight excluding hydrogens is 468 g/mol. The van der Waals surface area contributed by atoms with Crippen LogP contribution >= 0.6 is 0 Å². The lowest BCUT2D eigenvalue weighted by Crippen LogP contribution is -2.59. The molecule has 2 fully saturated rings. The van der Waals surface area contributed by atoms with E-state index in [-0.39, 0.29) is 30.6 Å². The minimum Gasteiger partial charge on any atom is -0.396 e. The van der Waals surface area contributed by atoms with E-state index in [0.717, 1.165) is 55.3 Å². The lowest BCUT2D eigenvalue weighted by atomic mass is 9.61. The van der Waals surface area contributed by atoms with E-state index in [1.165, 1.54) is 0 Å². The average molecular weight is 509 g/mol. The van der Waals surface area contributed by atoms with Gasteiger partial charge >= 0.3 is 0 Å². The molecule has 1 unspecified atom stereocenters. The van der Waals surface area contributed by atoms with E-state index < -0.39 is 5.41 Å². The number of carbonyl (C=O) groups is 1. The van der Waals surface area contributed by atoms with E-state index in [1.54, 1.807) is 4.68 Å². The van der Waals surface area contributed by atoms with Crippen molar-refractivity contribution in [3.63, 3.8) is 0 Å². The first-order valence-corrected chi connectivity index (χ1v) is 13.5. The molecule has 1 saturated heterocycles. The number of nitriles is 1. The van der Waals surface area contributed by atoms with Gasteiger partial charge in [0.05, 0.1) is 23.3 Å². The van der Waals surface area contributed by atoms with Gasteiger partial charge in [0.15, 0.2) is 6.19 Å². The normalized spacial score (nSPS) is 27.1. The molecule has 2 aromatic rings. The van der Waals surface area contributed by atoms with Gasteiger partial charge in [0, 0.05) is 38.6 Å². The number of hydrogen-bond acceptors (Lipinski definition) is 8. The van der Waals surface area contributed by atoms with Gasteiger partial charge in [-0.05, 0) is 74.3 Å². The van der Waals surface area contributed by atoms with Gasteiger partial charge in [-0.15, -0.1) is 5.10 Å². The number of nitrogens with zero attached hydrogens (tertiary/aromatic N) is 5. The van der Waals surface area contributed by atoms with Crippen molar-refractivity contribution < 1.29 is 15.0 Å². The molecule has 200 valence electrons. The van der Waals surface area contributed by atoms with E-state index in [0.29, 0.717) is 31.8 Å². The van der Waals surface area contributed by atoms with Gasteiger partial charge in [-0.25, -0.2) is 0 Å². The van der Waals surface area contributed by atoms with Crippen LogP contribution in [0.5, 0.6) is 0 Å². The van der Waals surface area contributed by atoms with Crippen LogP contribution in [0.25, 0.3) is 0 Å². The fourth-order valence-electron chi connectivity index (χ4n) is 6.64. The maximum atomic E-state index is 13.3. The van der Waals surface area contributed by atoms with Crippen molar-refractivity contribution in [2.45, 2.75) is 76.0 Å². The molecule has 3 N–H and O–H groups in total. The number of aliphatic hydroxyl groups excluding tert-OH is 2. The number of benzene rings is 1. The van der Waals surface area contributed by atoms with Crippen molar-refractivity contribution in [3.05, 3.63) is 41.7 Å². The van der Waals surface area contributed by atoms with Crippen molar-refractivity contribution in [2.75, 3.05) is 25.5 Å². The molecule has 1 aromatic carbocycles. The Balaban J connectivity index is 1.69. The van der Waals surface area contributed by atoms with E-state index in [2.05, 4.69) is 28.7 Å². The molecule has 1 aliphatic carbocycles. The number of aromatic nitrogens is 3. The second kappa shape index (κ2) is 12.1. The third-order valence-electron chi connectivity index (χ3n) is 8.84. The largest absolute Gasteiger partial charge is 0.396 e. The lowest BCUT2D eigenvalue weighted by Gasteiger charge is -2.52. The first-order valence-electron chi connectivity index (χ1n) is 13.5. The zero-order chi connectivity index (χ0) is 26.4. The van der Waals surface area contributed by atoms with Gasteiger partial charge in [-0.1, -0.05) is 30.3 Å². The summed E-state index contributed by atoms with van der Waals surface area (Å²) in [6.45, 7) is 3.36. The molecule has 6 atom stereocenters. The van der Waals surface area contributed by atoms with Crippen molar-refractivity contribution >= 4 is 12.0 Å². The second-order valence-corrected chi connectivity index (χ2v) is 10.8. The summed E-state index contributed by atoms with van der Waals surface area (Å²) < 4.78 is 1.78. The lowest BCUT2D eigenvalue weighted by molar-refractivity contribution is -0.118. The van der Waals surface area contributed by atoms with Gasteiger partial charge in [0.25, 0.3) is 0 Å². The fourth-order valence-corrected chi connectivity index (χ4v) is 6.64.